The summed E-state index contributed by atoms with van der Waals surface area (Å²) in [5, 5.41) is 11.3. The molecule has 2 N–H and O–H groups in total. The number of likely N-dealkylation sites (tertiary alicyclic amines) is 1. The summed E-state index contributed by atoms with van der Waals surface area (Å²) in [4.78, 5) is 23.3. The highest BCUT2D eigenvalue weighted by Gasteiger charge is 2.26. The van der Waals surface area contributed by atoms with Gasteiger partial charge in [0.05, 0.1) is 6.54 Å². The van der Waals surface area contributed by atoms with E-state index in [0.717, 1.165) is 6.42 Å². The maximum Gasteiger partial charge on any atom is 0.410 e. The Morgan fingerprint density at radius 2 is 2.38 bits per heavy atom. The van der Waals surface area contributed by atoms with Crippen molar-refractivity contribution in [3.8, 4) is 0 Å². The van der Waals surface area contributed by atoms with E-state index >= 15 is 0 Å². The topological polar surface area (TPSA) is 78.9 Å². The molecule has 0 spiro atoms. The number of hydrogen-bond acceptors (Lipinski definition) is 4. The van der Waals surface area contributed by atoms with Crippen LogP contribution in [-0.2, 0) is 9.53 Å². The molecule has 0 aromatic heterocycles. The molecule has 1 aliphatic rings. The molecule has 6 nitrogen and oxygen atoms in total. The van der Waals surface area contributed by atoms with E-state index in [-0.39, 0.29) is 25.3 Å². The van der Waals surface area contributed by atoms with Crippen LogP contribution < -0.4 is 5.32 Å². The maximum absolute atomic E-state index is 11.4. The van der Waals surface area contributed by atoms with Crippen molar-refractivity contribution in [2.75, 3.05) is 26.2 Å². The molecule has 0 saturated carbocycles. The van der Waals surface area contributed by atoms with Crippen molar-refractivity contribution in [2.24, 2.45) is 0 Å². The quantitative estimate of drug-likeness (QED) is 0.650. The monoisotopic (exact) mass is 228 g/mol. The zero-order valence-corrected chi connectivity index (χ0v) is 9.02. The largest absolute Gasteiger partial charge is 0.480 e. The van der Waals surface area contributed by atoms with Gasteiger partial charge in [-0.25, -0.2) is 4.79 Å². The van der Waals surface area contributed by atoms with Gasteiger partial charge in [-0.1, -0.05) is 12.7 Å². The van der Waals surface area contributed by atoms with Crippen molar-refractivity contribution in [3.63, 3.8) is 0 Å². The number of carbonyl (C=O) groups is 2. The second-order valence-electron chi connectivity index (χ2n) is 3.57. The molecule has 90 valence electrons. The van der Waals surface area contributed by atoms with Crippen LogP contribution in [0, 0.1) is 0 Å². The van der Waals surface area contributed by atoms with Crippen molar-refractivity contribution in [1.29, 1.82) is 0 Å². The number of carboxylic acids is 1. The van der Waals surface area contributed by atoms with Gasteiger partial charge in [0.1, 0.15) is 6.61 Å². The normalized spacial score (nSPS) is 19.5. The van der Waals surface area contributed by atoms with E-state index in [4.69, 9.17) is 9.84 Å². The van der Waals surface area contributed by atoms with E-state index in [9.17, 15) is 9.59 Å². The predicted molar refractivity (Wildman–Crippen MR) is 57.2 cm³/mol. The summed E-state index contributed by atoms with van der Waals surface area (Å²) < 4.78 is 4.87. The van der Waals surface area contributed by atoms with Gasteiger partial charge in [-0.15, -0.1) is 0 Å². The third-order valence-electron chi connectivity index (χ3n) is 2.31. The first kappa shape index (κ1) is 12.5. The Balaban J connectivity index is 2.26. The predicted octanol–water partition coefficient (Wildman–Crippen LogP) is 0.0575. The Labute approximate surface area is 93.9 Å². The number of nitrogens with one attached hydrogen (secondary N) is 1. The molecule has 1 rings (SSSR count). The highest BCUT2D eigenvalue weighted by molar-refractivity contribution is 5.69. The van der Waals surface area contributed by atoms with E-state index < -0.39 is 5.97 Å². The molecule has 1 saturated heterocycles. The van der Waals surface area contributed by atoms with Crippen LogP contribution in [0.15, 0.2) is 12.7 Å². The highest BCUT2D eigenvalue weighted by atomic mass is 16.6. The van der Waals surface area contributed by atoms with Crippen molar-refractivity contribution in [3.05, 3.63) is 12.7 Å². The van der Waals surface area contributed by atoms with Crippen molar-refractivity contribution < 1.29 is 19.4 Å². The average Bonchev–Trinajstić information content (AvgIpc) is 2.71. The highest BCUT2D eigenvalue weighted by Crippen LogP contribution is 2.10. The lowest BCUT2D eigenvalue weighted by atomic mass is 10.3. The van der Waals surface area contributed by atoms with Gasteiger partial charge < -0.3 is 20.1 Å². The molecular formula is C10H16N2O4. The minimum atomic E-state index is -0.896. The first-order valence-electron chi connectivity index (χ1n) is 5.11. The standard InChI is InChI=1S/C10H16N2O4/c1-2-5-16-10(15)12-4-3-8(7-12)11-6-9(13)14/h2,8,11H,1,3-7H2,(H,13,14). The fraction of sp³-hybridized carbons (Fsp3) is 0.600. The Bertz CT molecular complexity index is 280. The van der Waals surface area contributed by atoms with Crippen LogP contribution in [-0.4, -0.2) is 54.4 Å². The molecule has 1 unspecified atom stereocenters. The summed E-state index contributed by atoms with van der Waals surface area (Å²) in [5.41, 5.74) is 0. The van der Waals surface area contributed by atoms with Crippen LogP contribution >= 0.6 is 0 Å². The number of carbonyl (C=O) groups excluding carboxylic acids is 1. The van der Waals surface area contributed by atoms with Gasteiger partial charge in [-0.2, -0.15) is 0 Å². The average molecular weight is 228 g/mol. The molecule has 0 bridgehead atoms. The summed E-state index contributed by atoms with van der Waals surface area (Å²) in [6.07, 6.45) is 1.88. The molecule has 0 aromatic carbocycles. The first-order valence-corrected chi connectivity index (χ1v) is 5.11. The lowest BCUT2D eigenvalue weighted by Gasteiger charge is -2.15. The summed E-state index contributed by atoms with van der Waals surface area (Å²) in [7, 11) is 0. The molecule has 1 fully saturated rings. The molecule has 0 radical (unpaired) electrons. The third-order valence-corrected chi connectivity index (χ3v) is 2.31. The zero-order valence-electron chi connectivity index (χ0n) is 9.02. The zero-order chi connectivity index (χ0) is 12.0. The molecule has 1 aliphatic heterocycles. The minimum Gasteiger partial charge on any atom is -0.480 e. The number of rotatable bonds is 5. The number of aliphatic carboxylic acids is 1. The smallest absolute Gasteiger partial charge is 0.410 e. The molecule has 1 atom stereocenters. The second-order valence-corrected chi connectivity index (χ2v) is 3.57. The van der Waals surface area contributed by atoms with Gasteiger partial charge in [-0.05, 0) is 6.42 Å². The Hall–Kier alpha value is -1.56. The molecule has 1 amide bonds. The van der Waals surface area contributed by atoms with Crippen LogP contribution in [0.4, 0.5) is 4.79 Å². The lowest BCUT2D eigenvalue weighted by molar-refractivity contribution is -0.136. The molecule has 6 heteroatoms. The van der Waals surface area contributed by atoms with Gasteiger partial charge >= 0.3 is 12.1 Å². The van der Waals surface area contributed by atoms with Crippen LogP contribution in [0.25, 0.3) is 0 Å². The van der Waals surface area contributed by atoms with Crippen LogP contribution in [0.1, 0.15) is 6.42 Å². The SMILES string of the molecule is C=CCOC(=O)N1CCC(NCC(=O)O)C1. The van der Waals surface area contributed by atoms with Crippen molar-refractivity contribution >= 4 is 12.1 Å². The molecule has 16 heavy (non-hydrogen) atoms. The van der Waals surface area contributed by atoms with E-state index in [1.807, 2.05) is 0 Å². The number of nitrogens with zero attached hydrogens (tertiary/aromatic N) is 1. The number of carboxylic acid groups (broad SMARTS) is 1. The lowest BCUT2D eigenvalue weighted by Crippen LogP contribution is -2.37. The van der Waals surface area contributed by atoms with Gasteiger partial charge in [0, 0.05) is 19.1 Å². The fourth-order valence-electron chi connectivity index (χ4n) is 1.55. The number of hydrogen-bond donors (Lipinski definition) is 2. The van der Waals surface area contributed by atoms with Gasteiger partial charge in [0.2, 0.25) is 0 Å². The van der Waals surface area contributed by atoms with Crippen LogP contribution in [0.5, 0.6) is 0 Å². The Morgan fingerprint density at radius 3 is 3.00 bits per heavy atom. The van der Waals surface area contributed by atoms with Gasteiger partial charge in [0.25, 0.3) is 0 Å². The Morgan fingerprint density at radius 1 is 1.62 bits per heavy atom. The summed E-state index contributed by atoms with van der Waals surface area (Å²) in [6, 6.07) is 0.0346. The third kappa shape index (κ3) is 3.90. The summed E-state index contributed by atoms with van der Waals surface area (Å²) in [6.45, 7) is 4.64. The van der Waals surface area contributed by atoms with E-state index in [2.05, 4.69) is 11.9 Å². The molecule has 1 heterocycles. The maximum atomic E-state index is 11.4. The first-order chi connectivity index (χ1) is 7.63. The van der Waals surface area contributed by atoms with E-state index in [1.165, 1.54) is 6.08 Å². The number of amides is 1. The van der Waals surface area contributed by atoms with Gasteiger partial charge in [0.15, 0.2) is 0 Å². The van der Waals surface area contributed by atoms with E-state index in [1.54, 1.807) is 4.90 Å². The van der Waals surface area contributed by atoms with Gasteiger partial charge in [-0.3, -0.25) is 4.79 Å². The second kappa shape index (κ2) is 6.12. The van der Waals surface area contributed by atoms with Crippen LogP contribution in [0.2, 0.25) is 0 Å². The number of ether oxygens (including phenoxy) is 1. The molecular weight excluding hydrogens is 212 g/mol. The fourth-order valence-corrected chi connectivity index (χ4v) is 1.55. The minimum absolute atomic E-state index is 0.0346. The molecule has 0 aromatic rings. The van der Waals surface area contributed by atoms with Crippen molar-refractivity contribution in [2.45, 2.75) is 12.5 Å². The Kier molecular flexibility index (Phi) is 4.78. The van der Waals surface area contributed by atoms with E-state index in [0.29, 0.717) is 13.1 Å². The summed E-state index contributed by atoms with van der Waals surface area (Å²) in [5.74, 6) is -0.896. The summed E-state index contributed by atoms with van der Waals surface area (Å²) >= 11 is 0. The van der Waals surface area contributed by atoms with Crippen molar-refractivity contribution in [1.82, 2.24) is 10.2 Å². The molecule has 0 aliphatic carbocycles. The van der Waals surface area contributed by atoms with Crippen LogP contribution in [0.3, 0.4) is 0 Å².